The molecule has 2 rings (SSSR count). The van der Waals surface area contributed by atoms with Crippen molar-refractivity contribution in [2.75, 3.05) is 10.6 Å². The van der Waals surface area contributed by atoms with Crippen molar-refractivity contribution in [3.05, 3.63) is 54.1 Å². The number of ether oxygens (including phenoxy) is 1. The molecule has 0 atom stereocenters. The van der Waals surface area contributed by atoms with E-state index in [1.807, 2.05) is 0 Å². The number of carbonyl (C=O) groups excluding carboxylic acids is 2. The summed E-state index contributed by atoms with van der Waals surface area (Å²) < 4.78 is 40.1. The molecule has 0 aromatic heterocycles. The number of nitrogens with one attached hydrogen (secondary N) is 2. The average Bonchev–Trinajstić information content (AvgIpc) is 2.55. The van der Waals surface area contributed by atoms with Crippen molar-refractivity contribution < 1.29 is 27.5 Å². The molecule has 0 fully saturated rings. The monoisotopic (exact) mass is 352 g/mol. The molecule has 25 heavy (non-hydrogen) atoms. The van der Waals surface area contributed by atoms with Crippen LogP contribution >= 0.6 is 0 Å². The van der Waals surface area contributed by atoms with E-state index in [9.17, 15) is 22.8 Å². The Morgan fingerprint density at radius 3 is 2.28 bits per heavy atom. The van der Waals surface area contributed by atoms with E-state index in [1.54, 1.807) is 25.1 Å². The van der Waals surface area contributed by atoms with Crippen LogP contribution in [0, 0.1) is 0 Å². The average molecular weight is 352 g/mol. The van der Waals surface area contributed by atoms with Crippen LogP contribution in [0.2, 0.25) is 0 Å². The van der Waals surface area contributed by atoms with Crippen LogP contribution in [-0.2, 0) is 4.79 Å². The summed E-state index contributed by atoms with van der Waals surface area (Å²) in [4.78, 5) is 23.6. The van der Waals surface area contributed by atoms with Gasteiger partial charge in [0.25, 0.3) is 5.91 Å². The molecule has 0 heterocycles. The molecule has 2 aromatic rings. The van der Waals surface area contributed by atoms with Gasteiger partial charge in [-0.3, -0.25) is 9.59 Å². The molecule has 0 saturated carbocycles. The Morgan fingerprint density at radius 1 is 1.00 bits per heavy atom. The first-order valence-corrected chi connectivity index (χ1v) is 7.34. The van der Waals surface area contributed by atoms with Crippen molar-refractivity contribution in [3.63, 3.8) is 0 Å². The van der Waals surface area contributed by atoms with Gasteiger partial charge >= 0.3 is 6.36 Å². The molecule has 5 nitrogen and oxygen atoms in total. The molecule has 0 aliphatic rings. The first-order chi connectivity index (χ1) is 11.8. The summed E-state index contributed by atoms with van der Waals surface area (Å²) in [6.07, 6.45) is -4.46. The van der Waals surface area contributed by atoms with Gasteiger partial charge in [-0.2, -0.15) is 0 Å². The van der Waals surface area contributed by atoms with Crippen LogP contribution < -0.4 is 15.4 Å². The number of halogens is 3. The van der Waals surface area contributed by atoms with Gasteiger partial charge < -0.3 is 15.4 Å². The summed E-state index contributed by atoms with van der Waals surface area (Å²) >= 11 is 0. The molecule has 0 unspecified atom stereocenters. The molecule has 132 valence electrons. The van der Waals surface area contributed by atoms with Crippen LogP contribution in [0.5, 0.6) is 5.75 Å². The Bertz CT molecular complexity index is 758. The first kappa shape index (κ1) is 18.3. The smallest absolute Gasteiger partial charge is 0.406 e. The molecule has 2 N–H and O–H groups in total. The Labute approximate surface area is 141 Å². The van der Waals surface area contributed by atoms with Gasteiger partial charge in [-0.25, -0.2) is 0 Å². The minimum absolute atomic E-state index is 0.183. The van der Waals surface area contributed by atoms with Crippen molar-refractivity contribution >= 4 is 23.2 Å². The number of hydrogen-bond donors (Lipinski definition) is 2. The summed E-state index contributed by atoms with van der Waals surface area (Å²) in [6.45, 7) is 1.71. The molecule has 0 bridgehead atoms. The number of hydrogen-bond acceptors (Lipinski definition) is 3. The molecule has 0 spiro atoms. The standard InChI is InChI=1S/C17H15F3N2O3/c1-2-15(23)21-13-5-3-4-11(10-13)16(24)22-12-6-8-14(9-7-12)25-17(18,19)20/h3-10H,2H2,1H3,(H,21,23)(H,22,24). The molecular weight excluding hydrogens is 337 g/mol. The number of amides is 2. The van der Waals surface area contributed by atoms with E-state index in [0.717, 1.165) is 12.1 Å². The van der Waals surface area contributed by atoms with Gasteiger partial charge in [0.15, 0.2) is 0 Å². The van der Waals surface area contributed by atoms with Crippen LogP contribution in [-0.4, -0.2) is 18.2 Å². The third kappa shape index (κ3) is 5.83. The second-order valence-electron chi connectivity index (χ2n) is 5.01. The number of alkyl halides is 3. The van der Waals surface area contributed by atoms with E-state index in [-0.39, 0.29) is 11.7 Å². The lowest BCUT2D eigenvalue weighted by molar-refractivity contribution is -0.274. The molecular formula is C17H15F3N2O3. The van der Waals surface area contributed by atoms with Crippen LogP contribution in [0.3, 0.4) is 0 Å². The van der Waals surface area contributed by atoms with Gasteiger partial charge in [0.05, 0.1) is 0 Å². The normalized spacial score (nSPS) is 10.9. The minimum Gasteiger partial charge on any atom is -0.406 e. The zero-order valence-corrected chi connectivity index (χ0v) is 13.2. The molecule has 0 aliphatic carbocycles. The fraction of sp³-hybridized carbons (Fsp3) is 0.176. The predicted octanol–water partition coefficient (Wildman–Crippen LogP) is 4.19. The lowest BCUT2D eigenvalue weighted by Crippen LogP contribution is -2.17. The first-order valence-electron chi connectivity index (χ1n) is 7.34. The van der Waals surface area contributed by atoms with Crippen molar-refractivity contribution in [2.45, 2.75) is 19.7 Å². The lowest BCUT2D eigenvalue weighted by Gasteiger charge is -2.10. The fourth-order valence-corrected chi connectivity index (χ4v) is 1.93. The number of anilines is 2. The van der Waals surface area contributed by atoms with E-state index in [1.165, 1.54) is 18.2 Å². The largest absolute Gasteiger partial charge is 0.573 e. The second kappa shape index (κ2) is 7.69. The van der Waals surface area contributed by atoms with Gasteiger partial charge in [-0.1, -0.05) is 13.0 Å². The van der Waals surface area contributed by atoms with Gasteiger partial charge in [-0.15, -0.1) is 13.2 Å². The summed E-state index contributed by atoms with van der Waals surface area (Å²) in [7, 11) is 0. The van der Waals surface area contributed by atoms with E-state index in [2.05, 4.69) is 15.4 Å². The Balaban J connectivity index is 2.04. The highest BCUT2D eigenvalue weighted by Gasteiger charge is 2.30. The number of benzene rings is 2. The maximum atomic E-state index is 12.2. The van der Waals surface area contributed by atoms with E-state index >= 15 is 0 Å². The Hall–Kier alpha value is -3.03. The van der Waals surface area contributed by atoms with Gasteiger partial charge in [0, 0.05) is 23.4 Å². The predicted molar refractivity (Wildman–Crippen MR) is 86.4 cm³/mol. The minimum atomic E-state index is -4.77. The van der Waals surface area contributed by atoms with Gasteiger partial charge in [0.1, 0.15) is 5.75 Å². The topological polar surface area (TPSA) is 67.4 Å². The SMILES string of the molecule is CCC(=O)Nc1cccc(C(=O)Nc2ccc(OC(F)(F)F)cc2)c1. The molecule has 0 saturated heterocycles. The Morgan fingerprint density at radius 2 is 1.68 bits per heavy atom. The van der Waals surface area contributed by atoms with Crippen molar-refractivity contribution in [1.29, 1.82) is 0 Å². The third-order valence-electron chi connectivity index (χ3n) is 3.08. The quantitative estimate of drug-likeness (QED) is 0.848. The molecule has 2 aromatic carbocycles. The third-order valence-corrected chi connectivity index (χ3v) is 3.08. The van der Waals surface area contributed by atoms with Crippen LogP contribution in [0.15, 0.2) is 48.5 Å². The van der Waals surface area contributed by atoms with Crippen LogP contribution in [0.25, 0.3) is 0 Å². The zero-order chi connectivity index (χ0) is 18.4. The van der Waals surface area contributed by atoms with Crippen molar-refractivity contribution in [3.8, 4) is 5.75 Å². The molecule has 0 aliphatic heterocycles. The van der Waals surface area contributed by atoms with E-state index in [0.29, 0.717) is 23.4 Å². The van der Waals surface area contributed by atoms with E-state index < -0.39 is 12.3 Å². The van der Waals surface area contributed by atoms with Gasteiger partial charge in [0.2, 0.25) is 5.91 Å². The van der Waals surface area contributed by atoms with Crippen LogP contribution in [0.1, 0.15) is 23.7 Å². The molecule has 0 radical (unpaired) electrons. The number of rotatable bonds is 5. The summed E-state index contributed by atoms with van der Waals surface area (Å²) in [6, 6.07) is 11.1. The molecule has 2 amide bonds. The van der Waals surface area contributed by atoms with Crippen molar-refractivity contribution in [1.82, 2.24) is 0 Å². The second-order valence-corrected chi connectivity index (χ2v) is 5.01. The summed E-state index contributed by atoms with van der Waals surface area (Å²) in [5.41, 5.74) is 1.08. The van der Waals surface area contributed by atoms with Crippen molar-refractivity contribution in [2.24, 2.45) is 0 Å². The van der Waals surface area contributed by atoms with E-state index in [4.69, 9.17) is 0 Å². The summed E-state index contributed by atoms with van der Waals surface area (Å²) in [5.74, 6) is -1.02. The zero-order valence-electron chi connectivity index (χ0n) is 13.2. The maximum absolute atomic E-state index is 12.2. The van der Waals surface area contributed by atoms with Crippen LogP contribution in [0.4, 0.5) is 24.5 Å². The molecule has 8 heteroatoms. The Kier molecular flexibility index (Phi) is 5.63. The van der Waals surface area contributed by atoms with Gasteiger partial charge in [-0.05, 0) is 42.5 Å². The maximum Gasteiger partial charge on any atom is 0.573 e. The highest BCUT2D eigenvalue weighted by Crippen LogP contribution is 2.24. The highest BCUT2D eigenvalue weighted by molar-refractivity contribution is 6.05. The summed E-state index contributed by atoms with van der Waals surface area (Å²) in [5, 5.41) is 5.19. The highest BCUT2D eigenvalue weighted by atomic mass is 19.4. The lowest BCUT2D eigenvalue weighted by atomic mass is 10.1. The fourth-order valence-electron chi connectivity index (χ4n) is 1.93. The number of carbonyl (C=O) groups is 2.